The molecule has 1 aromatic rings. The first kappa shape index (κ1) is 18.6. The van der Waals surface area contributed by atoms with Crippen molar-refractivity contribution in [3.63, 3.8) is 0 Å². The van der Waals surface area contributed by atoms with Gasteiger partial charge in [0.2, 0.25) is 0 Å². The Hall–Kier alpha value is -1.75. The lowest BCUT2D eigenvalue weighted by atomic mass is 9.87. The first-order valence-corrected chi connectivity index (χ1v) is 8.80. The van der Waals surface area contributed by atoms with E-state index in [0.29, 0.717) is 25.6 Å². The molecule has 1 unspecified atom stereocenters. The molecule has 0 heterocycles. The zero-order valence-electron chi connectivity index (χ0n) is 15.0. The third-order valence-corrected chi connectivity index (χ3v) is 4.33. The van der Waals surface area contributed by atoms with Gasteiger partial charge in [-0.1, -0.05) is 32.0 Å². The van der Waals surface area contributed by atoms with Gasteiger partial charge in [-0.25, -0.2) is 4.79 Å². The van der Waals surface area contributed by atoms with Crippen LogP contribution in [-0.4, -0.2) is 29.9 Å². The SMILES string of the molecule is CC(O)CC(C)(C)CNC(=O)NCc1ccccc1OC1CCC1. The van der Waals surface area contributed by atoms with Gasteiger partial charge in [-0.05, 0) is 44.1 Å². The molecule has 1 aliphatic rings. The molecule has 0 aromatic heterocycles. The molecule has 0 spiro atoms. The van der Waals surface area contributed by atoms with Gasteiger partial charge in [-0.15, -0.1) is 0 Å². The van der Waals surface area contributed by atoms with Crippen LogP contribution in [0.1, 0.15) is 52.0 Å². The second-order valence-corrected chi connectivity index (χ2v) is 7.53. The highest BCUT2D eigenvalue weighted by Gasteiger charge is 2.22. The Morgan fingerprint density at radius 1 is 1.33 bits per heavy atom. The molecule has 1 atom stereocenters. The van der Waals surface area contributed by atoms with E-state index in [4.69, 9.17) is 4.74 Å². The Morgan fingerprint density at radius 2 is 2.04 bits per heavy atom. The smallest absolute Gasteiger partial charge is 0.315 e. The van der Waals surface area contributed by atoms with Gasteiger partial charge in [-0.2, -0.15) is 0 Å². The van der Waals surface area contributed by atoms with Gasteiger partial charge in [0.25, 0.3) is 0 Å². The summed E-state index contributed by atoms with van der Waals surface area (Å²) in [5, 5.41) is 15.3. The molecule has 2 amide bonds. The molecule has 1 aromatic carbocycles. The molecule has 0 bridgehead atoms. The van der Waals surface area contributed by atoms with Crippen molar-refractivity contribution in [3.05, 3.63) is 29.8 Å². The number of carbonyl (C=O) groups excluding carboxylic acids is 1. The lowest BCUT2D eigenvalue weighted by Crippen LogP contribution is -2.41. The number of carbonyl (C=O) groups is 1. The standard InChI is InChI=1S/C19H30N2O3/c1-14(22)11-19(2,3)13-21-18(23)20-12-15-7-4-5-10-17(15)24-16-8-6-9-16/h4-5,7,10,14,16,22H,6,8-9,11-13H2,1-3H3,(H2,20,21,23). The van der Waals surface area contributed by atoms with Crippen LogP contribution in [0.25, 0.3) is 0 Å². The molecular formula is C19H30N2O3. The largest absolute Gasteiger partial charge is 0.490 e. The van der Waals surface area contributed by atoms with Gasteiger partial charge in [0.15, 0.2) is 0 Å². The van der Waals surface area contributed by atoms with E-state index in [-0.39, 0.29) is 17.6 Å². The lowest BCUT2D eigenvalue weighted by molar-refractivity contribution is 0.119. The van der Waals surface area contributed by atoms with Gasteiger partial charge in [-0.3, -0.25) is 0 Å². The maximum absolute atomic E-state index is 12.0. The zero-order chi connectivity index (χ0) is 17.6. The highest BCUT2D eigenvalue weighted by atomic mass is 16.5. The summed E-state index contributed by atoms with van der Waals surface area (Å²) in [5.41, 5.74) is 0.847. The van der Waals surface area contributed by atoms with Crippen molar-refractivity contribution in [3.8, 4) is 5.75 Å². The van der Waals surface area contributed by atoms with E-state index >= 15 is 0 Å². The van der Waals surface area contributed by atoms with Gasteiger partial charge in [0.1, 0.15) is 5.75 Å². The number of urea groups is 1. The average molecular weight is 334 g/mol. The molecule has 2 rings (SSSR count). The summed E-state index contributed by atoms with van der Waals surface area (Å²) in [5.74, 6) is 0.858. The second kappa shape index (κ2) is 8.38. The fraction of sp³-hybridized carbons (Fsp3) is 0.632. The monoisotopic (exact) mass is 334 g/mol. The van der Waals surface area contributed by atoms with E-state index in [9.17, 15) is 9.90 Å². The Morgan fingerprint density at radius 3 is 2.67 bits per heavy atom. The molecule has 5 heteroatoms. The fourth-order valence-electron chi connectivity index (χ4n) is 2.86. The van der Waals surface area contributed by atoms with Crippen molar-refractivity contribution in [1.29, 1.82) is 0 Å². The number of benzene rings is 1. The van der Waals surface area contributed by atoms with Crippen LogP contribution in [0.2, 0.25) is 0 Å². The third kappa shape index (κ3) is 6.04. The molecule has 0 radical (unpaired) electrons. The summed E-state index contributed by atoms with van der Waals surface area (Å²) < 4.78 is 5.97. The van der Waals surface area contributed by atoms with E-state index in [1.54, 1.807) is 6.92 Å². The molecular weight excluding hydrogens is 304 g/mol. The van der Waals surface area contributed by atoms with Crippen molar-refractivity contribution in [2.24, 2.45) is 5.41 Å². The van der Waals surface area contributed by atoms with Gasteiger partial charge in [0.05, 0.1) is 12.2 Å². The highest BCUT2D eigenvalue weighted by molar-refractivity contribution is 5.73. The number of aliphatic hydroxyl groups excluding tert-OH is 1. The lowest BCUT2D eigenvalue weighted by Gasteiger charge is -2.28. The molecule has 24 heavy (non-hydrogen) atoms. The van der Waals surface area contributed by atoms with Crippen molar-refractivity contribution < 1.29 is 14.6 Å². The van der Waals surface area contributed by atoms with Crippen LogP contribution in [0.5, 0.6) is 5.75 Å². The van der Waals surface area contributed by atoms with Crippen LogP contribution < -0.4 is 15.4 Å². The van der Waals surface area contributed by atoms with E-state index in [1.165, 1.54) is 6.42 Å². The van der Waals surface area contributed by atoms with Crippen LogP contribution >= 0.6 is 0 Å². The first-order chi connectivity index (χ1) is 11.4. The van der Waals surface area contributed by atoms with Crippen molar-refractivity contribution in [2.45, 2.75) is 65.2 Å². The van der Waals surface area contributed by atoms with Gasteiger partial charge >= 0.3 is 6.03 Å². The van der Waals surface area contributed by atoms with E-state index < -0.39 is 0 Å². The van der Waals surface area contributed by atoms with Crippen LogP contribution in [0.4, 0.5) is 4.79 Å². The molecule has 3 N–H and O–H groups in total. The second-order valence-electron chi connectivity index (χ2n) is 7.53. The summed E-state index contributed by atoms with van der Waals surface area (Å²) in [6, 6.07) is 7.64. The number of hydrogen-bond acceptors (Lipinski definition) is 3. The maximum Gasteiger partial charge on any atom is 0.315 e. The summed E-state index contributed by atoms with van der Waals surface area (Å²) in [6.07, 6.45) is 4.05. The number of para-hydroxylation sites is 1. The minimum atomic E-state index is -0.375. The number of rotatable bonds is 8. The van der Waals surface area contributed by atoms with Crippen LogP contribution in [0, 0.1) is 5.41 Å². The Bertz CT molecular complexity index is 539. The van der Waals surface area contributed by atoms with E-state index in [0.717, 1.165) is 24.2 Å². The van der Waals surface area contributed by atoms with Crippen molar-refractivity contribution >= 4 is 6.03 Å². The fourth-order valence-corrected chi connectivity index (χ4v) is 2.86. The summed E-state index contributed by atoms with van der Waals surface area (Å²) in [6.45, 7) is 6.78. The molecule has 1 saturated carbocycles. The van der Waals surface area contributed by atoms with Crippen LogP contribution in [0.15, 0.2) is 24.3 Å². The highest BCUT2D eigenvalue weighted by Crippen LogP contribution is 2.27. The van der Waals surface area contributed by atoms with Crippen LogP contribution in [-0.2, 0) is 6.54 Å². The van der Waals surface area contributed by atoms with Crippen molar-refractivity contribution in [2.75, 3.05) is 6.54 Å². The summed E-state index contributed by atoms with van der Waals surface area (Å²) in [4.78, 5) is 12.0. The predicted molar refractivity (Wildman–Crippen MR) is 95.0 cm³/mol. The first-order valence-electron chi connectivity index (χ1n) is 8.80. The summed E-state index contributed by atoms with van der Waals surface area (Å²) in [7, 11) is 0. The third-order valence-electron chi connectivity index (χ3n) is 4.33. The van der Waals surface area contributed by atoms with Gasteiger partial charge < -0.3 is 20.5 Å². The van der Waals surface area contributed by atoms with Crippen molar-refractivity contribution in [1.82, 2.24) is 10.6 Å². The molecule has 5 nitrogen and oxygen atoms in total. The van der Waals surface area contributed by atoms with Crippen LogP contribution in [0.3, 0.4) is 0 Å². The molecule has 1 fully saturated rings. The normalized spacial score (nSPS) is 16.2. The molecule has 1 aliphatic carbocycles. The number of aliphatic hydroxyl groups is 1. The minimum Gasteiger partial charge on any atom is -0.490 e. The topological polar surface area (TPSA) is 70.6 Å². The van der Waals surface area contributed by atoms with Gasteiger partial charge in [0, 0.05) is 18.7 Å². The number of amides is 2. The Balaban J connectivity index is 1.79. The number of nitrogens with one attached hydrogen (secondary N) is 2. The Labute approximate surface area is 144 Å². The number of hydrogen-bond donors (Lipinski definition) is 3. The zero-order valence-corrected chi connectivity index (χ0v) is 15.0. The van der Waals surface area contributed by atoms with E-state index in [2.05, 4.69) is 10.6 Å². The molecule has 0 aliphatic heterocycles. The quantitative estimate of drug-likeness (QED) is 0.683. The predicted octanol–water partition coefficient (Wildman–Crippen LogP) is 3.21. The Kier molecular flexibility index (Phi) is 6.49. The van der Waals surface area contributed by atoms with E-state index in [1.807, 2.05) is 38.1 Å². The molecule has 0 saturated heterocycles. The average Bonchev–Trinajstić information content (AvgIpc) is 2.46. The summed E-state index contributed by atoms with van der Waals surface area (Å²) >= 11 is 0. The number of ether oxygens (including phenoxy) is 1. The minimum absolute atomic E-state index is 0.142. The molecule has 134 valence electrons. The maximum atomic E-state index is 12.0.